The van der Waals surface area contributed by atoms with Crippen molar-refractivity contribution in [3.8, 4) is 0 Å². The Morgan fingerprint density at radius 2 is 2.04 bits per heavy atom. The molecule has 1 unspecified atom stereocenters. The van der Waals surface area contributed by atoms with Crippen LogP contribution in [0.25, 0.3) is 11.0 Å². The lowest BCUT2D eigenvalue weighted by Gasteiger charge is -2.16. The topological polar surface area (TPSA) is 46.9 Å². The molecule has 0 aliphatic heterocycles. The molecule has 128 valence electrons. The minimum atomic E-state index is -0.106. The average Bonchev–Trinajstić information content (AvgIpc) is 3.38. The highest BCUT2D eigenvalue weighted by molar-refractivity contribution is 5.81. The van der Waals surface area contributed by atoms with Gasteiger partial charge in [-0.05, 0) is 44.4 Å². The Bertz CT molecular complexity index is 924. The first-order chi connectivity index (χ1) is 12.1. The van der Waals surface area contributed by atoms with Crippen LogP contribution in [-0.4, -0.2) is 15.5 Å². The van der Waals surface area contributed by atoms with Crippen molar-refractivity contribution in [2.75, 3.05) is 0 Å². The van der Waals surface area contributed by atoms with E-state index in [0.29, 0.717) is 0 Å². The van der Waals surface area contributed by atoms with Crippen molar-refractivity contribution >= 4 is 16.9 Å². The van der Waals surface area contributed by atoms with Gasteiger partial charge in [-0.15, -0.1) is 0 Å². The molecule has 1 saturated carbocycles. The van der Waals surface area contributed by atoms with E-state index >= 15 is 0 Å². The van der Waals surface area contributed by atoms with Crippen LogP contribution in [0, 0.1) is 12.8 Å². The summed E-state index contributed by atoms with van der Waals surface area (Å²) in [5.41, 5.74) is 4.56. The average molecular weight is 333 g/mol. The summed E-state index contributed by atoms with van der Waals surface area (Å²) in [5, 5.41) is 3.13. The molecular weight excluding hydrogens is 310 g/mol. The Morgan fingerprint density at radius 1 is 1.24 bits per heavy atom. The highest BCUT2D eigenvalue weighted by atomic mass is 16.2. The molecule has 1 heterocycles. The number of carbonyl (C=O) groups is 1. The molecule has 1 N–H and O–H groups in total. The first-order valence-electron chi connectivity index (χ1n) is 8.93. The Morgan fingerprint density at radius 3 is 2.80 bits per heavy atom. The summed E-state index contributed by atoms with van der Waals surface area (Å²) in [6.07, 6.45) is 2.02. The van der Waals surface area contributed by atoms with E-state index < -0.39 is 0 Å². The van der Waals surface area contributed by atoms with Gasteiger partial charge in [-0.2, -0.15) is 0 Å². The Labute approximate surface area is 147 Å². The number of nitrogens with zero attached hydrogens (tertiary/aromatic N) is 2. The Kier molecular flexibility index (Phi) is 4.04. The Hall–Kier alpha value is -2.62. The zero-order chi connectivity index (χ0) is 17.4. The molecule has 1 atom stereocenters. The third kappa shape index (κ3) is 3.29. The van der Waals surface area contributed by atoms with Crippen molar-refractivity contribution in [3.05, 3.63) is 65.5 Å². The third-order valence-electron chi connectivity index (χ3n) is 4.80. The third-order valence-corrected chi connectivity index (χ3v) is 4.80. The van der Waals surface area contributed by atoms with E-state index in [1.54, 1.807) is 0 Å². The molecule has 1 aliphatic carbocycles. The summed E-state index contributed by atoms with van der Waals surface area (Å²) < 4.78 is 2.22. The maximum atomic E-state index is 12.2. The van der Waals surface area contributed by atoms with Gasteiger partial charge in [-0.25, -0.2) is 4.98 Å². The molecule has 4 nitrogen and oxygen atoms in total. The minimum Gasteiger partial charge on any atom is -0.346 e. The van der Waals surface area contributed by atoms with Crippen molar-refractivity contribution in [3.63, 3.8) is 0 Å². The van der Waals surface area contributed by atoms with Gasteiger partial charge in [0, 0.05) is 12.5 Å². The SMILES string of the molecule is Cc1cccc(Cn2c(C(C)NC(=O)C3CC3)nc3ccccc32)c1. The van der Waals surface area contributed by atoms with Gasteiger partial charge in [0.1, 0.15) is 5.82 Å². The summed E-state index contributed by atoms with van der Waals surface area (Å²) in [6, 6.07) is 16.6. The number of hydrogen-bond acceptors (Lipinski definition) is 2. The molecule has 3 aromatic rings. The normalized spacial score (nSPS) is 15.3. The maximum Gasteiger partial charge on any atom is 0.223 e. The summed E-state index contributed by atoms with van der Waals surface area (Å²) in [7, 11) is 0. The van der Waals surface area contributed by atoms with E-state index in [9.17, 15) is 4.79 Å². The molecule has 4 heteroatoms. The van der Waals surface area contributed by atoms with Crippen molar-refractivity contribution in [1.82, 2.24) is 14.9 Å². The number of hydrogen-bond donors (Lipinski definition) is 1. The number of benzene rings is 2. The number of rotatable bonds is 5. The van der Waals surface area contributed by atoms with Crippen LogP contribution in [0.1, 0.15) is 42.8 Å². The predicted octanol–water partition coefficient (Wildman–Crippen LogP) is 3.98. The van der Waals surface area contributed by atoms with Gasteiger partial charge < -0.3 is 9.88 Å². The lowest BCUT2D eigenvalue weighted by atomic mass is 10.1. The molecule has 1 aliphatic rings. The van der Waals surface area contributed by atoms with Crippen LogP contribution in [0.5, 0.6) is 0 Å². The number of nitrogens with one attached hydrogen (secondary N) is 1. The highest BCUT2D eigenvalue weighted by Gasteiger charge is 2.31. The van der Waals surface area contributed by atoms with E-state index in [-0.39, 0.29) is 17.9 Å². The van der Waals surface area contributed by atoms with E-state index in [0.717, 1.165) is 36.2 Å². The quantitative estimate of drug-likeness (QED) is 0.768. The number of fused-ring (bicyclic) bond motifs is 1. The zero-order valence-corrected chi connectivity index (χ0v) is 14.7. The number of imidazole rings is 1. The molecule has 2 aromatic carbocycles. The fourth-order valence-corrected chi connectivity index (χ4v) is 3.33. The first kappa shape index (κ1) is 15.9. The fraction of sp³-hybridized carbons (Fsp3) is 0.333. The smallest absolute Gasteiger partial charge is 0.223 e. The molecule has 4 rings (SSSR count). The number of carbonyl (C=O) groups excluding carboxylic acids is 1. The van der Waals surface area contributed by atoms with Crippen LogP contribution in [0.4, 0.5) is 0 Å². The van der Waals surface area contributed by atoms with Crippen molar-refractivity contribution in [2.45, 2.75) is 39.3 Å². The number of aryl methyl sites for hydroxylation is 1. The number of amides is 1. The minimum absolute atomic E-state index is 0.106. The van der Waals surface area contributed by atoms with E-state index in [1.165, 1.54) is 11.1 Å². The second-order valence-electron chi connectivity index (χ2n) is 7.04. The van der Waals surface area contributed by atoms with Crippen molar-refractivity contribution < 1.29 is 4.79 Å². The van der Waals surface area contributed by atoms with Gasteiger partial charge >= 0.3 is 0 Å². The van der Waals surface area contributed by atoms with Crippen LogP contribution in [0.15, 0.2) is 48.5 Å². The second-order valence-corrected chi connectivity index (χ2v) is 7.04. The van der Waals surface area contributed by atoms with Gasteiger partial charge in [-0.1, -0.05) is 42.0 Å². The van der Waals surface area contributed by atoms with E-state index in [1.807, 2.05) is 25.1 Å². The molecule has 25 heavy (non-hydrogen) atoms. The molecule has 0 bridgehead atoms. The largest absolute Gasteiger partial charge is 0.346 e. The summed E-state index contributed by atoms with van der Waals surface area (Å²) >= 11 is 0. The predicted molar refractivity (Wildman–Crippen MR) is 99.3 cm³/mol. The van der Waals surface area contributed by atoms with E-state index in [2.05, 4.69) is 47.1 Å². The van der Waals surface area contributed by atoms with Crippen molar-refractivity contribution in [2.24, 2.45) is 5.92 Å². The van der Waals surface area contributed by atoms with Gasteiger partial charge in [-0.3, -0.25) is 4.79 Å². The van der Waals surface area contributed by atoms with Gasteiger partial charge in [0.2, 0.25) is 5.91 Å². The molecular formula is C21H23N3O. The van der Waals surface area contributed by atoms with Gasteiger partial charge in [0.25, 0.3) is 0 Å². The second kappa shape index (κ2) is 6.36. The van der Waals surface area contributed by atoms with Gasteiger partial charge in [0.15, 0.2) is 0 Å². The van der Waals surface area contributed by atoms with Crippen LogP contribution >= 0.6 is 0 Å². The molecule has 0 spiro atoms. The maximum absolute atomic E-state index is 12.2. The summed E-state index contributed by atoms with van der Waals surface area (Å²) in [6.45, 7) is 4.88. The Balaban J connectivity index is 1.71. The monoisotopic (exact) mass is 333 g/mol. The first-order valence-corrected chi connectivity index (χ1v) is 8.93. The van der Waals surface area contributed by atoms with Crippen LogP contribution in [-0.2, 0) is 11.3 Å². The molecule has 0 saturated heterocycles. The number of aromatic nitrogens is 2. The molecule has 1 fully saturated rings. The summed E-state index contributed by atoms with van der Waals surface area (Å²) in [5.74, 6) is 1.27. The van der Waals surface area contributed by atoms with Gasteiger partial charge in [0.05, 0.1) is 17.1 Å². The van der Waals surface area contributed by atoms with E-state index in [4.69, 9.17) is 4.98 Å². The van der Waals surface area contributed by atoms with Crippen LogP contribution < -0.4 is 5.32 Å². The molecule has 1 amide bonds. The lowest BCUT2D eigenvalue weighted by molar-refractivity contribution is -0.123. The zero-order valence-electron chi connectivity index (χ0n) is 14.7. The highest BCUT2D eigenvalue weighted by Crippen LogP contribution is 2.30. The summed E-state index contributed by atoms with van der Waals surface area (Å²) in [4.78, 5) is 17.0. The number of para-hydroxylation sites is 2. The molecule has 1 aromatic heterocycles. The van der Waals surface area contributed by atoms with Crippen molar-refractivity contribution in [1.29, 1.82) is 0 Å². The fourth-order valence-electron chi connectivity index (χ4n) is 3.33. The lowest BCUT2D eigenvalue weighted by Crippen LogP contribution is -2.29. The standard InChI is InChI=1S/C21H23N3O/c1-14-6-5-7-16(12-14)13-24-19-9-4-3-8-18(19)23-20(24)15(2)22-21(25)17-10-11-17/h3-9,12,15,17H,10-11,13H2,1-2H3,(H,22,25). The van der Waals surface area contributed by atoms with Crippen LogP contribution in [0.3, 0.4) is 0 Å². The van der Waals surface area contributed by atoms with Crippen LogP contribution in [0.2, 0.25) is 0 Å². The molecule has 0 radical (unpaired) electrons.